The molecule has 0 radical (unpaired) electrons. The summed E-state index contributed by atoms with van der Waals surface area (Å²) in [5, 5.41) is 3.54. The molecule has 0 saturated carbocycles. The lowest BCUT2D eigenvalue weighted by Gasteiger charge is -2.09. The SMILES string of the molecule is CCCCCCCOc1ccc(C(=O)NCc2ccccc2Cl)cc1. The van der Waals surface area contributed by atoms with Crippen molar-refractivity contribution in [3.8, 4) is 5.75 Å². The van der Waals surface area contributed by atoms with Crippen LogP contribution in [-0.4, -0.2) is 12.5 Å². The molecule has 0 unspecified atom stereocenters. The number of unbranched alkanes of at least 4 members (excludes halogenated alkanes) is 4. The third kappa shape index (κ3) is 6.79. The summed E-state index contributed by atoms with van der Waals surface area (Å²) in [6.45, 7) is 3.35. The predicted octanol–water partition coefficient (Wildman–Crippen LogP) is 5.62. The van der Waals surface area contributed by atoms with Crippen LogP contribution < -0.4 is 10.1 Å². The van der Waals surface area contributed by atoms with Crippen LogP contribution in [0.4, 0.5) is 0 Å². The van der Waals surface area contributed by atoms with Gasteiger partial charge in [-0.2, -0.15) is 0 Å². The average Bonchev–Trinajstić information content (AvgIpc) is 2.64. The van der Waals surface area contributed by atoms with Gasteiger partial charge in [-0.05, 0) is 42.3 Å². The van der Waals surface area contributed by atoms with Gasteiger partial charge < -0.3 is 10.1 Å². The molecule has 0 heterocycles. The summed E-state index contributed by atoms with van der Waals surface area (Å²) in [4.78, 5) is 12.2. The fourth-order valence-corrected chi connectivity index (χ4v) is 2.72. The van der Waals surface area contributed by atoms with Crippen molar-refractivity contribution in [3.05, 3.63) is 64.7 Å². The number of amides is 1. The van der Waals surface area contributed by atoms with Gasteiger partial charge in [0.1, 0.15) is 5.75 Å². The van der Waals surface area contributed by atoms with E-state index in [1.807, 2.05) is 36.4 Å². The van der Waals surface area contributed by atoms with Crippen molar-refractivity contribution >= 4 is 17.5 Å². The quantitative estimate of drug-likeness (QED) is 0.559. The monoisotopic (exact) mass is 359 g/mol. The summed E-state index contributed by atoms with van der Waals surface area (Å²) in [6, 6.07) is 14.8. The molecular weight excluding hydrogens is 334 g/mol. The van der Waals surface area contributed by atoms with Gasteiger partial charge in [-0.1, -0.05) is 62.4 Å². The van der Waals surface area contributed by atoms with Crippen LogP contribution in [0.15, 0.2) is 48.5 Å². The molecular formula is C21H26ClNO2. The van der Waals surface area contributed by atoms with Gasteiger partial charge in [0.2, 0.25) is 0 Å². The van der Waals surface area contributed by atoms with Gasteiger partial charge in [0.05, 0.1) is 6.61 Å². The predicted molar refractivity (Wildman–Crippen MR) is 103 cm³/mol. The molecule has 0 bridgehead atoms. The van der Waals surface area contributed by atoms with Crippen molar-refractivity contribution in [2.45, 2.75) is 45.6 Å². The van der Waals surface area contributed by atoms with E-state index in [0.717, 1.165) is 24.3 Å². The van der Waals surface area contributed by atoms with Crippen LogP contribution in [0.25, 0.3) is 0 Å². The summed E-state index contributed by atoms with van der Waals surface area (Å²) in [7, 11) is 0. The Morgan fingerprint density at radius 1 is 1.00 bits per heavy atom. The summed E-state index contributed by atoms with van der Waals surface area (Å²) >= 11 is 6.10. The Balaban J connectivity index is 1.75. The number of nitrogens with one attached hydrogen (secondary N) is 1. The van der Waals surface area contributed by atoms with Gasteiger partial charge in [0, 0.05) is 17.1 Å². The Labute approximate surface area is 155 Å². The second kappa shape index (κ2) is 10.8. The second-order valence-corrected chi connectivity index (χ2v) is 6.47. The van der Waals surface area contributed by atoms with Crippen molar-refractivity contribution < 1.29 is 9.53 Å². The topological polar surface area (TPSA) is 38.3 Å². The number of rotatable bonds is 10. The maximum absolute atomic E-state index is 12.2. The maximum Gasteiger partial charge on any atom is 0.251 e. The Bertz CT molecular complexity index is 655. The molecule has 2 aromatic rings. The molecule has 1 amide bonds. The van der Waals surface area contributed by atoms with E-state index < -0.39 is 0 Å². The zero-order chi connectivity index (χ0) is 17.9. The number of ether oxygens (including phenoxy) is 1. The smallest absolute Gasteiger partial charge is 0.251 e. The highest BCUT2D eigenvalue weighted by Crippen LogP contribution is 2.16. The highest BCUT2D eigenvalue weighted by atomic mass is 35.5. The van der Waals surface area contributed by atoms with E-state index in [4.69, 9.17) is 16.3 Å². The molecule has 1 N–H and O–H groups in total. The first-order chi connectivity index (χ1) is 12.2. The van der Waals surface area contributed by atoms with Crippen molar-refractivity contribution in [2.24, 2.45) is 0 Å². The van der Waals surface area contributed by atoms with Crippen LogP contribution in [0.5, 0.6) is 5.75 Å². The summed E-state index contributed by atoms with van der Waals surface area (Å²) in [6.07, 6.45) is 6.08. The molecule has 0 fully saturated rings. The molecule has 0 saturated heterocycles. The van der Waals surface area contributed by atoms with Crippen LogP contribution in [0, 0.1) is 0 Å². The molecule has 3 nitrogen and oxygen atoms in total. The van der Waals surface area contributed by atoms with E-state index in [-0.39, 0.29) is 5.91 Å². The first-order valence-corrected chi connectivity index (χ1v) is 9.33. The first kappa shape index (κ1) is 19.3. The van der Waals surface area contributed by atoms with Crippen molar-refractivity contribution in [1.82, 2.24) is 5.32 Å². The summed E-state index contributed by atoms with van der Waals surface area (Å²) < 4.78 is 5.72. The lowest BCUT2D eigenvalue weighted by molar-refractivity contribution is 0.0951. The van der Waals surface area contributed by atoms with Gasteiger partial charge in [-0.25, -0.2) is 0 Å². The molecule has 0 spiro atoms. The number of hydrogen-bond donors (Lipinski definition) is 1. The van der Waals surface area contributed by atoms with E-state index in [1.54, 1.807) is 12.1 Å². The summed E-state index contributed by atoms with van der Waals surface area (Å²) in [5.41, 5.74) is 1.52. The zero-order valence-corrected chi connectivity index (χ0v) is 15.5. The number of benzene rings is 2. The standard InChI is InChI=1S/C21H26ClNO2/c1-2-3-4-5-8-15-25-19-13-11-17(12-14-19)21(24)23-16-18-9-6-7-10-20(18)22/h6-7,9-14H,2-5,8,15-16H2,1H3,(H,23,24). The highest BCUT2D eigenvalue weighted by Gasteiger charge is 2.07. The van der Waals surface area contributed by atoms with Crippen LogP contribution >= 0.6 is 11.6 Å². The Morgan fingerprint density at radius 2 is 1.72 bits per heavy atom. The Kier molecular flexibility index (Phi) is 8.33. The minimum Gasteiger partial charge on any atom is -0.494 e. The number of carbonyl (C=O) groups excluding carboxylic acids is 1. The number of hydrogen-bond acceptors (Lipinski definition) is 2. The minimum atomic E-state index is -0.119. The van der Waals surface area contributed by atoms with Gasteiger partial charge in [0.25, 0.3) is 5.91 Å². The molecule has 0 aliphatic rings. The maximum atomic E-state index is 12.2. The molecule has 0 aliphatic carbocycles. The second-order valence-electron chi connectivity index (χ2n) is 6.06. The third-order valence-corrected chi connectivity index (χ3v) is 4.40. The van der Waals surface area contributed by atoms with Crippen LogP contribution in [0.3, 0.4) is 0 Å². The van der Waals surface area contributed by atoms with Gasteiger partial charge in [-0.3, -0.25) is 4.79 Å². The Hall–Kier alpha value is -2.00. The zero-order valence-electron chi connectivity index (χ0n) is 14.8. The van der Waals surface area contributed by atoms with E-state index >= 15 is 0 Å². The van der Waals surface area contributed by atoms with Crippen LogP contribution in [-0.2, 0) is 6.54 Å². The molecule has 0 aromatic heterocycles. The first-order valence-electron chi connectivity index (χ1n) is 8.95. The Morgan fingerprint density at radius 3 is 2.44 bits per heavy atom. The van der Waals surface area contributed by atoms with Gasteiger partial charge >= 0.3 is 0 Å². The lowest BCUT2D eigenvalue weighted by atomic mass is 10.1. The normalized spacial score (nSPS) is 10.5. The molecule has 134 valence electrons. The van der Waals surface area contributed by atoms with Crippen molar-refractivity contribution in [1.29, 1.82) is 0 Å². The largest absolute Gasteiger partial charge is 0.494 e. The molecule has 4 heteroatoms. The number of carbonyl (C=O) groups is 1. The molecule has 0 aliphatic heterocycles. The molecule has 2 rings (SSSR count). The fraction of sp³-hybridized carbons (Fsp3) is 0.381. The van der Waals surface area contributed by atoms with E-state index in [0.29, 0.717) is 17.1 Å². The van der Waals surface area contributed by atoms with Gasteiger partial charge in [-0.15, -0.1) is 0 Å². The minimum absolute atomic E-state index is 0.119. The number of halogens is 1. The third-order valence-electron chi connectivity index (χ3n) is 4.03. The molecule has 2 aromatic carbocycles. The van der Waals surface area contributed by atoms with Crippen molar-refractivity contribution in [3.63, 3.8) is 0 Å². The van der Waals surface area contributed by atoms with Gasteiger partial charge in [0.15, 0.2) is 0 Å². The summed E-state index contributed by atoms with van der Waals surface area (Å²) in [5.74, 6) is 0.684. The molecule has 25 heavy (non-hydrogen) atoms. The van der Waals surface area contributed by atoms with Crippen LogP contribution in [0.2, 0.25) is 5.02 Å². The van der Waals surface area contributed by atoms with E-state index in [2.05, 4.69) is 12.2 Å². The van der Waals surface area contributed by atoms with E-state index in [9.17, 15) is 4.79 Å². The lowest BCUT2D eigenvalue weighted by Crippen LogP contribution is -2.22. The van der Waals surface area contributed by atoms with Crippen LogP contribution in [0.1, 0.15) is 54.9 Å². The van der Waals surface area contributed by atoms with Crippen molar-refractivity contribution in [2.75, 3.05) is 6.61 Å². The molecule has 0 atom stereocenters. The van der Waals surface area contributed by atoms with E-state index in [1.165, 1.54) is 25.7 Å². The highest BCUT2D eigenvalue weighted by molar-refractivity contribution is 6.31. The fourth-order valence-electron chi connectivity index (χ4n) is 2.52. The average molecular weight is 360 g/mol.